The monoisotopic (exact) mass is 513 g/mol. The van der Waals surface area contributed by atoms with E-state index in [0.29, 0.717) is 35.6 Å². The van der Waals surface area contributed by atoms with Crippen LogP contribution >= 0.6 is 0 Å². The molecule has 2 heterocycles. The first-order chi connectivity index (χ1) is 17.6. The average Bonchev–Trinajstić information content (AvgIpc) is 3.35. The van der Waals surface area contributed by atoms with E-state index in [0.717, 1.165) is 11.6 Å². The summed E-state index contributed by atoms with van der Waals surface area (Å²) in [5, 5.41) is 0. The second-order valence-corrected chi connectivity index (χ2v) is 9.58. The third kappa shape index (κ3) is 4.26. The van der Waals surface area contributed by atoms with Crippen LogP contribution in [0.1, 0.15) is 29.7 Å². The third-order valence-electron chi connectivity index (χ3n) is 7.22. The Balaban J connectivity index is 1.65. The van der Waals surface area contributed by atoms with Crippen molar-refractivity contribution < 1.29 is 22.3 Å². The molecule has 1 saturated heterocycles. The number of benzene rings is 3. The van der Waals surface area contributed by atoms with E-state index in [1.807, 2.05) is 24.8 Å². The summed E-state index contributed by atoms with van der Waals surface area (Å²) in [5.74, 6) is 0.0442. The zero-order valence-corrected chi connectivity index (χ0v) is 20.7. The van der Waals surface area contributed by atoms with Crippen molar-refractivity contribution in [3.63, 3.8) is 0 Å². The topological polar surface area (TPSA) is 39.4 Å². The van der Waals surface area contributed by atoms with Crippen molar-refractivity contribution in [2.75, 3.05) is 25.1 Å². The summed E-state index contributed by atoms with van der Waals surface area (Å²) < 4.78 is 64.4. The Morgan fingerprint density at radius 3 is 2.43 bits per heavy atom. The van der Waals surface area contributed by atoms with E-state index in [2.05, 4.69) is 0 Å². The number of nitrogens with zero attached hydrogens (tertiary/aromatic N) is 3. The lowest BCUT2D eigenvalue weighted by atomic mass is 10.1. The second kappa shape index (κ2) is 9.28. The van der Waals surface area contributed by atoms with Crippen LogP contribution in [0.15, 0.2) is 65.5 Å². The molecule has 1 fully saturated rings. The molecule has 5 nitrogen and oxygen atoms in total. The molecule has 0 amide bonds. The first kappa shape index (κ1) is 24.9. The largest absolute Gasteiger partial charge is 0.494 e. The first-order valence-corrected chi connectivity index (χ1v) is 12.0. The van der Waals surface area contributed by atoms with Crippen LogP contribution in [0.2, 0.25) is 0 Å². The molecule has 2 atom stereocenters. The molecule has 0 bridgehead atoms. The van der Waals surface area contributed by atoms with Crippen molar-refractivity contribution in [1.82, 2.24) is 9.13 Å². The minimum atomic E-state index is -4.55. The summed E-state index contributed by atoms with van der Waals surface area (Å²) in [6, 6.07) is 15.1. The van der Waals surface area contributed by atoms with Crippen LogP contribution in [0.25, 0.3) is 11.0 Å². The van der Waals surface area contributed by atoms with Crippen molar-refractivity contribution in [1.29, 1.82) is 0 Å². The van der Waals surface area contributed by atoms with E-state index in [-0.39, 0.29) is 29.9 Å². The van der Waals surface area contributed by atoms with E-state index in [1.165, 1.54) is 35.9 Å². The van der Waals surface area contributed by atoms with Crippen molar-refractivity contribution in [2.45, 2.75) is 32.6 Å². The lowest BCUT2D eigenvalue weighted by molar-refractivity contribution is -0.138. The number of ether oxygens (including phenoxy) is 1. The zero-order chi connectivity index (χ0) is 26.5. The molecule has 37 heavy (non-hydrogen) atoms. The van der Waals surface area contributed by atoms with Gasteiger partial charge in [-0.15, -0.1) is 0 Å². The molecule has 1 aromatic heterocycles. The van der Waals surface area contributed by atoms with Gasteiger partial charge in [-0.3, -0.25) is 9.13 Å². The van der Waals surface area contributed by atoms with Gasteiger partial charge in [0.05, 0.1) is 36.5 Å². The number of anilines is 1. The number of aromatic nitrogens is 2. The fraction of sp³-hybridized carbons (Fsp3) is 0.321. The standard InChI is InChI=1S/C28H27F4N3O2/c1-17-8-6-11-21(29)25(17)33-14-18(2)23(16-33)35-22-12-7-13-24(37-3)26(22)34(27(35)36)15-19-9-4-5-10-20(19)28(30,31)32/h4-13,18,23H,14-16H2,1-3H3/t18-,23-/m0/s1. The maximum atomic E-state index is 14.7. The molecule has 5 rings (SSSR count). The molecule has 0 N–H and O–H groups in total. The second-order valence-electron chi connectivity index (χ2n) is 9.58. The molecule has 0 spiro atoms. The van der Waals surface area contributed by atoms with Crippen LogP contribution < -0.4 is 15.3 Å². The number of hydrogen-bond donors (Lipinski definition) is 0. The zero-order valence-electron chi connectivity index (χ0n) is 20.7. The van der Waals surface area contributed by atoms with Crippen molar-refractivity contribution >= 4 is 16.7 Å². The van der Waals surface area contributed by atoms with Crippen molar-refractivity contribution in [2.24, 2.45) is 5.92 Å². The van der Waals surface area contributed by atoms with Gasteiger partial charge in [-0.25, -0.2) is 9.18 Å². The van der Waals surface area contributed by atoms with Gasteiger partial charge in [0.2, 0.25) is 0 Å². The molecule has 0 aliphatic carbocycles. The highest BCUT2D eigenvalue weighted by Gasteiger charge is 2.37. The van der Waals surface area contributed by atoms with Crippen LogP contribution in [0.4, 0.5) is 23.2 Å². The summed E-state index contributed by atoms with van der Waals surface area (Å²) in [6.45, 7) is 4.49. The first-order valence-electron chi connectivity index (χ1n) is 12.0. The molecule has 4 aromatic rings. The van der Waals surface area contributed by atoms with Crippen LogP contribution in [-0.2, 0) is 12.7 Å². The highest BCUT2D eigenvalue weighted by atomic mass is 19.4. The summed E-state index contributed by atoms with van der Waals surface area (Å²) in [7, 11) is 1.46. The van der Waals surface area contributed by atoms with Gasteiger partial charge in [-0.1, -0.05) is 43.3 Å². The van der Waals surface area contributed by atoms with Crippen LogP contribution in [-0.4, -0.2) is 29.3 Å². The van der Waals surface area contributed by atoms with Crippen molar-refractivity contribution in [3.05, 3.63) is 93.7 Å². The van der Waals surface area contributed by atoms with E-state index in [4.69, 9.17) is 4.74 Å². The summed E-state index contributed by atoms with van der Waals surface area (Å²) in [5.41, 5.74) is 1.08. The van der Waals surface area contributed by atoms with E-state index in [1.54, 1.807) is 28.8 Å². The predicted molar refractivity (Wildman–Crippen MR) is 135 cm³/mol. The molecule has 0 unspecified atom stereocenters. The lowest BCUT2D eigenvalue weighted by Crippen LogP contribution is -2.31. The van der Waals surface area contributed by atoms with Gasteiger partial charge in [0.15, 0.2) is 0 Å². The van der Waals surface area contributed by atoms with Gasteiger partial charge in [0.1, 0.15) is 17.1 Å². The molecule has 0 saturated carbocycles. The number of aryl methyl sites for hydroxylation is 1. The maximum Gasteiger partial charge on any atom is 0.416 e. The lowest BCUT2D eigenvalue weighted by Gasteiger charge is -2.21. The normalized spacial score (nSPS) is 18.1. The van der Waals surface area contributed by atoms with Gasteiger partial charge >= 0.3 is 11.9 Å². The minimum Gasteiger partial charge on any atom is -0.494 e. The van der Waals surface area contributed by atoms with Crippen LogP contribution in [0, 0.1) is 18.7 Å². The fourth-order valence-electron chi connectivity index (χ4n) is 5.53. The summed E-state index contributed by atoms with van der Waals surface area (Å²) >= 11 is 0. The molecule has 0 radical (unpaired) electrons. The number of para-hydroxylation sites is 2. The predicted octanol–water partition coefficient (Wildman–Crippen LogP) is 6.02. The third-order valence-corrected chi connectivity index (χ3v) is 7.22. The van der Waals surface area contributed by atoms with Gasteiger partial charge in [0, 0.05) is 13.1 Å². The van der Waals surface area contributed by atoms with Crippen molar-refractivity contribution in [3.8, 4) is 5.75 Å². The number of rotatable bonds is 5. The smallest absolute Gasteiger partial charge is 0.416 e. The Morgan fingerprint density at radius 2 is 1.73 bits per heavy atom. The van der Waals surface area contributed by atoms with Crippen LogP contribution in [0.5, 0.6) is 5.75 Å². The molecule has 9 heteroatoms. The van der Waals surface area contributed by atoms with Crippen LogP contribution in [0.3, 0.4) is 0 Å². The van der Waals surface area contributed by atoms with Gasteiger partial charge in [-0.05, 0) is 48.2 Å². The van der Waals surface area contributed by atoms with E-state index >= 15 is 0 Å². The Morgan fingerprint density at radius 1 is 1.00 bits per heavy atom. The quantitative estimate of drug-likeness (QED) is 0.306. The van der Waals surface area contributed by atoms with Gasteiger partial charge < -0.3 is 9.64 Å². The number of imidazole rings is 1. The van der Waals surface area contributed by atoms with Gasteiger partial charge in [0.25, 0.3) is 0 Å². The number of fused-ring (bicyclic) bond motifs is 1. The number of methoxy groups -OCH3 is 1. The Hall–Kier alpha value is -3.75. The summed E-state index contributed by atoms with van der Waals surface area (Å²) in [6.07, 6.45) is -4.55. The number of halogens is 4. The highest BCUT2D eigenvalue weighted by molar-refractivity contribution is 5.83. The number of hydrogen-bond acceptors (Lipinski definition) is 3. The Bertz CT molecular complexity index is 1500. The highest BCUT2D eigenvalue weighted by Crippen LogP contribution is 2.37. The fourth-order valence-corrected chi connectivity index (χ4v) is 5.53. The molecule has 3 aromatic carbocycles. The molecule has 194 valence electrons. The minimum absolute atomic E-state index is 0.00913. The molecular weight excluding hydrogens is 486 g/mol. The molecular formula is C28H27F4N3O2. The maximum absolute atomic E-state index is 14.7. The Kier molecular flexibility index (Phi) is 6.25. The average molecular weight is 514 g/mol. The summed E-state index contributed by atoms with van der Waals surface area (Å²) in [4.78, 5) is 15.9. The molecule has 1 aliphatic rings. The molecule has 1 aliphatic heterocycles. The SMILES string of the molecule is COc1cccc2c1n(Cc1ccccc1C(F)(F)F)c(=O)n2[C@H]1CN(c2c(C)cccc2F)C[C@@H]1C. The Labute approximate surface area is 211 Å². The van der Waals surface area contributed by atoms with Gasteiger partial charge in [-0.2, -0.15) is 13.2 Å². The van der Waals surface area contributed by atoms with E-state index in [9.17, 15) is 22.4 Å². The van der Waals surface area contributed by atoms with E-state index < -0.39 is 17.4 Å². The number of alkyl halides is 3.